The molecule has 0 aliphatic carbocycles. The second-order valence-corrected chi connectivity index (χ2v) is 2.25. The van der Waals surface area contributed by atoms with Crippen LogP contribution in [0.4, 0.5) is 0 Å². The Balaban J connectivity index is 3.00. The van der Waals surface area contributed by atoms with Gasteiger partial charge in [-0.25, -0.2) is 4.79 Å². The molecule has 0 atom stereocenters. The average molecular weight is 171 g/mol. The largest absolute Gasteiger partial charge is 0.472 e. The molecule has 1 rings (SSSR count). The van der Waals surface area contributed by atoms with Gasteiger partial charge in [0.15, 0.2) is 0 Å². The van der Waals surface area contributed by atoms with E-state index in [2.05, 4.69) is 5.92 Å². The summed E-state index contributed by atoms with van der Waals surface area (Å²) < 4.78 is 0. The van der Waals surface area contributed by atoms with Crippen LogP contribution in [0, 0.1) is 23.2 Å². The van der Waals surface area contributed by atoms with Crippen molar-refractivity contribution in [2.75, 3.05) is 0 Å². The molecule has 0 bridgehead atoms. The monoisotopic (exact) mass is 171 g/mol. The summed E-state index contributed by atoms with van der Waals surface area (Å²) >= 11 is 0. The van der Waals surface area contributed by atoms with Crippen molar-refractivity contribution in [1.82, 2.24) is 0 Å². The Morgan fingerprint density at radius 1 is 1.38 bits per heavy atom. The fourth-order valence-electron chi connectivity index (χ4n) is 0.792. The lowest BCUT2D eigenvalue weighted by molar-refractivity contribution is -0.130. The summed E-state index contributed by atoms with van der Waals surface area (Å²) in [6.45, 7) is 0. The first-order valence-corrected chi connectivity index (χ1v) is 3.47. The van der Waals surface area contributed by atoms with Crippen LogP contribution >= 0.6 is 0 Å². The van der Waals surface area contributed by atoms with Crippen molar-refractivity contribution in [2.45, 2.75) is 0 Å². The lowest BCUT2D eigenvalue weighted by atomic mass is 10.1. The Morgan fingerprint density at radius 2 is 2.08 bits per heavy atom. The molecule has 1 aromatic carbocycles. The summed E-state index contributed by atoms with van der Waals surface area (Å²) in [6, 6.07) is 8.42. The topological polar surface area (TPSA) is 61.1 Å². The summed E-state index contributed by atoms with van der Waals surface area (Å²) in [6.07, 6.45) is 0. The zero-order valence-electron chi connectivity index (χ0n) is 6.61. The molecule has 62 valence electrons. The molecule has 0 aromatic heterocycles. The standard InChI is InChI=1S/C10H5NO2/c11-7-9-3-1-2-8(6-9)4-5-10(12)13/h1-3,6H,(H,12,13). The number of carboxylic acid groups (broad SMARTS) is 1. The SMILES string of the molecule is N#Cc1cccc(C#CC(=O)O)c1. The van der Waals surface area contributed by atoms with Gasteiger partial charge in [0.1, 0.15) is 0 Å². The zero-order chi connectivity index (χ0) is 9.68. The number of nitrogens with zero attached hydrogens (tertiary/aromatic N) is 1. The Bertz CT molecular complexity index is 432. The molecule has 3 heteroatoms. The Hall–Kier alpha value is -2.26. The molecule has 3 nitrogen and oxygen atoms in total. The highest BCUT2D eigenvalue weighted by Gasteiger charge is 1.91. The molecule has 0 amide bonds. The van der Waals surface area contributed by atoms with Crippen LogP contribution in [-0.2, 0) is 4.79 Å². The van der Waals surface area contributed by atoms with Crippen molar-refractivity contribution < 1.29 is 9.90 Å². The van der Waals surface area contributed by atoms with E-state index in [9.17, 15) is 4.79 Å². The van der Waals surface area contributed by atoms with Crippen molar-refractivity contribution in [2.24, 2.45) is 0 Å². The van der Waals surface area contributed by atoms with Crippen molar-refractivity contribution in [3.63, 3.8) is 0 Å². The molecule has 0 fully saturated rings. The fourth-order valence-corrected chi connectivity index (χ4v) is 0.792. The van der Waals surface area contributed by atoms with E-state index in [0.29, 0.717) is 11.1 Å². The third-order valence-corrected chi connectivity index (χ3v) is 1.31. The van der Waals surface area contributed by atoms with Gasteiger partial charge in [-0.05, 0) is 18.2 Å². The highest BCUT2D eigenvalue weighted by atomic mass is 16.4. The van der Waals surface area contributed by atoms with Crippen LogP contribution in [0.15, 0.2) is 24.3 Å². The Labute approximate surface area is 75.2 Å². The molecular weight excluding hydrogens is 166 g/mol. The van der Waals surface area contributed by atoms with Crippen LogP contribution in [-0.4, -0.2) is 11.1 Å². The third-order valence-electron chi connectivity index (χ3n) is 1.31. The highest BCUT2D eigenvalue weighted by Crippen LogP contribution is 2.01. The van der Waals surface area contributed by atoms with E-state index in [1.807, 2.05) is 12.0 Å². The maximum Gasteiger partial charge on any atom is 0.382 e. The number of benzene rings is 1. The molecule has 0 unspecified atom stereocenters. The fraction of sp³-hybridized carbons (Fsp3) is 0. The molecule has 1 aromatic rings. The van der Waals surface area contributed by atoms with Gasteiger partial charge in [0.2, 0.25) is 0 Å². The molecule has 0 saturated carbocycles. The molecule has 0 saturated heterocycles. The van der Waals surface area contributed by atoms with E-state index in [1.54, 1.807) is 18.2 Å². The molecule has 1 N–H and O–H groups in total. The van der Waals surface area contributed by atoms with Crippen molar-refractivity contribution in [3.8, 4) is 17.9 Å². The van der Waals surface area contributed by atoms with Gasteiger partial charge in [0.05, 0.1) is 11.6 Å². The normalized spacial score (nSPS) is 7.92. The molecule has 0 spiro atoms. The predicted molar refractivity (Wildman–Crippen MR) is 45.7 cm³/mol. The van der Waals surface area contributed by atoms with E-state index in [-0.39, 0.29) is 0 Å². The third kappa shape index (κ3) is 2.69. The molecular formula is C10H5NO2. The van der Waals surface area contributed by atoms with Crippen molar-refractivity contribution in [1.29, 1.82) is 5.26 Å². The summed E-state index contributed by atoms with van der Waals surface area (Å²) in [5.74, 6) is 3.21. The Kier molecular flexibility index (Phi) is 2.68. The first-order valence-electron chi connectivity index (χ1n) is 3.47. The maximum absolute atomic E-state index is 10.1. The average Bonchev–Trinajstić information content (AvgIpc) is 2.15. The van der Waals surface area contributed by atoms with Crippen LogP contribution in [0.3, 0.4) is 0 Å². The van der Waals surface area contributed by atoms with E-state index >= 15 is 0 Å². The van der Waals surface area contributed by atoms with Gasteiger partial charge in [0, 0.05) is 11.5 Å². The van der Waals surface area contributed by atoms with Gasteiger partial charge in [-0.1, -0.05) is 12.0 Å². The minimum absolute atomic E-state index is 0.470. The first kappa shape index (κ1) is 8.83. The Morgan fingerprint density at radius 3 is 2.69 bits per heavy atom. The van der Waals surface area contributed by atoms with Gasteiger partial charge in [-0.3, -0.25) is 0 Å². The second-order valence-electron chi connectivity index (χ2n) is 2.25. The molecule has 0 aliphatic rings. The summed E-state index contributed by atoms with van der Waals surface area (Å²) in [7, 11) is 0. The number of carbonyl (C=O) groups is 1. The predicted octanol–water partition coefficient (Wildman–Crippen LogP) is 0.994. The van der Waals surface area contributed by atoms with E-state index in [0.717, 1.165) is 0 Å². The van der Waals surface area contributed by atoms with Gasteiger partial charge in [0.25, 0.3) is 0 Å². The van der Waals surface area contributed by atoms with Gasteiger partial charge in [-0.2, -0.15) is 5.26 Å². The smallest absolute Gasteiger partial charge is 0.382 e. The van der Waals surface area contributed by atoms with Gasteiger partial charge >= 0.3 is 5.97 Å². The number of rotatable bonds is 0. The summed E-state index contributed by atoms with van der Waals surface area (Å²) in [4.78, 5) is 10.1. The number of hydrogen-bond acceptors (Lipinski definition) is 2. The van der Waals surface area contributed by atoms with Crippen molar-refractivity contribution >= 4 is 5.97 Å². The van der Waals surface area contributed by atoms with Gasteiger partial charge in [-0.15, -0.1) is 0 Å². The van der Waals surface area contributed by atoms with Gasteiger partial charge < -0.3 is 5.11 Å². The number of nitriles is 1. The molecule has 13 heavy (non-hydrogen) atoms. The number of hydrogen-bond donors (Lipinski definition) is 1. The highest BCUT2D eigenvalue weighted by molar-refractivity contribution is 5.87. The number of aliphatic carboxylic acids is 1. The van der Waals surface area contributed by atoms with E-state index in [4.69, 9.17) is 10.4 Å². The van der Waals surface area contributed by atoms with Crippen LogP contribution in [0.25, 0.3) is 0 Å². The van der Waals surface area contributed by atoms with Crippen LogP contribution < -0.4 is 0 Å². The van der Waals surface area contributed by atoms with E-state index < -0.39 is 5.97 Å². The second kappa shape index (κ2) is 3.94. The lowest BCUT2D eigenvalue weighted by Crippen LogP contribution is -1.87. The minimum Gasteiger partial charge on any atom is -0.472 e. The van der Waals surface area contributed by atoms with Crippen LogP contribution in [0.5, 0.6) is 0 Å². The molecule has 0 aliphatic heterocycles. The first-order chi connectivity index (χ1) is 6.22. The quantitative estimate of drug-likeness (QED) is 0.592. The number of carboxylic acids is 1. The van der Waals surface area contributed by atoms with E-state index in [1.165, 1.54) is 6.07 Å². The van der Waals surface area contributed by atoms with Crippen molar-refractivity contribution in [3.05, 3.63) is 35.4 Å². The zero-order valence-corrected chi connectivity index (χ0v) is 6.61. The molecule has 0 heterocycles. The summed E-state index contributed by atoms with van der Waals surface area (Å²) in [5.41, 5.74) is 0.999. The van der Waals surface area contributed by atoms with Crippen LogP contribution in [0.1, 0.15) is 11.1 Å². The maximum atomic E-state index is 10.1. The van der Waals surface area contributed by atoms with Crippen LogP contribution in [0.2, 0.25) is 0 Å². The lowest BCUT2D eigenvalue weighted by Gasteiger charge is -1.89. The molecule has 0 radical (unpaired) electrons. The summed E-state index contributed by atoms with van der Waals surface area (Å²) in [5, 5.41) is 16.8. The minimum atomic E-state index is -1.18.